The summed E-state index contributed by atoms with van der Waals surface area (Å²) >= 11 is 0. The number of piperidine rings is 1. The Labute approximate surface area is 133 Å². The van der Waals surface area contributed by atoms with Gasteiger partial charge in [0, 0.05) is 30.6 Å². The van der Waals surface area contributed by atoms with E-state index in [1.54, 1.807) is 0 Å². The fraction of sp³-hybridized carbons (Fsp3) is 0.750. The molecular weight excluding hydrogens is 307 g/mol. The molecule has 1 amide bonds. The number of aromatic nitrogens is 2. The summed E-state index contributed by atoms with van der Waals surface area (Å²) in [5.41, 5.74) is -0.401. The topological polar surface area (TPSA) is 49.0 Å². The second-order valence-corrected chi connectivity index (χ2v) is 6.66. The highest BCUT2D eigenvalue weighted by atomic mass is 19.4. The van der Waals surface area contributed by atoms with E-state index in [2.05, 4.69) is 10.2 Å². The van der Waals surface area contributed by atoms with Crippen LogP contribution in [-0.2, 0) is 11.0 Å². The molecule has 4 nitrogen and oxygen atoms in total. The van der Waals surface area contributed by atoms with Crippen LogP contribution in [0, 0.1) is 5.92 Å². The number of H-pyrrole nitrogens is 1. The van der Waals surface area contributed by atoms with E-state index in [-0.39, 0.29) is 17.7 Å². The van der Waals surface area contributed by atoms with Crippen molar-refractivity contribution in [2.75, 3.05) is 13.1 Å². The second kappa shape index (κ2) is 6.53. The molecule has 2 aliphatic rings. The van der Waals surface area contributed by atoms with Crippen LogP contribution < -0.4 is 0 Å². The normalized spacial score (nSPS) is 24.0. The summed E-state index contributed by atoms with van der Waals surface area (Å²) in [4.78, 5) is 14.5. The van der Waals surface area contributed by atoms with E-state index in [9.17, 15) is 18.0 Å². The zero-order valence-corrected chi connectivity index (χ0v) is 13.0. The molecule has 1 aromatic rings. The number of rotatable bonds is 2. The number of nitrogens with zero attached hydrogens (tertiary/aromatic N) is 2. The number of amides is 1. The van der Waals surface area contributed by atoms with Crippen LogP contribution in [0.3, 0.4) is 0 Å². The van der Waals surface area contributed by atoms with E-state index in [1.807, 2.05) is 4.90 Å². The van der Waals surface area contributed by atoms with Gasteiger partial charge in [0.15, 0.2) is 5.69 Å². The van der Waals surface area contributed by atoms with Gasteiger partial charge in [-0.05, 0) is 31.7 Å². The van der Waals surface area contributed by atoms with Gasteiger partial charge in [-0.3, -0.25) is 9.89 Å². The highest BCUT2D eigenvalue weighted by molar-refractivity contribution is 5.79. The average Bonchev–Trinajstić information content (AvgIpc) is 3.05. The Morgan fingerprint density at radius 2 is 1.91 bits per heavy atom. The number of alkyl halides is 3. The molecule has 3 rings (SSSR count). The molecule has 1 saturated carbocycles. The van der Waals surface area contributed by atoms with Crippen molar-refractivity contribution in [3.63, 3.8) is 0 Å². The lowest BCUT2D eigenvalue weighted by Gasteiger charge is -2.35. The van der Waals surface area contributed by atoms with Crippen molar-refractivity contribution in [2.45, 2.75) is 57.0 Å². The maximum absolute atomic E-state index is 12.7. The minimum atomic E-state index is -4.43. The Morgan fingerprint density at radius 1 is 1.17 bits per heavy atom. The van der Waals surface area contributed by atoms with Gasteiger partial charge in [0.2, 0.25) is 5.91 Å². The van der Waals surface area contributed by atoms with Crippen LogP contribution in [0.15, 0.2) is 6.07 Å². The van der Waals surface area contributed by atoms with Crippen molar-refractivity contribution in [1.29, 1.82) is 0 Å². The number of hydrogen-bond donors (Lipinski definition) is 1. The fourth-order valence-corrected chi connectivity index (χ4v) is 3.73. The first-order valence-corrected chi connectivity index (χ1v) is 8.36. The Kier molecular flexibility index (Phi) is 4.64. The molecule has 2 fully saturated rings. The number of hydrogen-bond acceptors (Lipinski definition) is 2. The third-order valence-electron chi connectivity index (χ3n) is 5.02. The number of aromatic amines is 1. The first-order valence-electron chi connectivity index (χ1n) is 8.36. The van der Waals surface area contributed by atoms with Crippen LogP contribution >= 0.6 is 0 Å². The molecule has 0 spiro atoms. The molecule has 1 aliphatic heterocycles. The molecular formula is C16H22F3N3O. The Bertz CT molecular complexity index is 549. The number of likely N-dealkylation sites (tertiary alicyclic amines) is 1. The zero-order chi connectivity index (χ0) is 16.4. The van der Waals surface area contributed by atoms with Crippen molar-refractivity contribution in [2.24, 2.45) is 5.92 Å². The van der Waals surface area contributed by atoms with Gasteiger partial charge in [0.05, 0.1) is 0 Å². The van der Waals surface area contributed by atoms with Crippen molar-refractivity contribution in [1.82, 2.24) is 15.1 Å². The minimum Gasteiger partial charge on any atom is -0.342 e. The van der Waals surface area contributed by atoms with Crippen LogP contribution in [0.5, 0.6) is 0 Å². The van der Waals surface area contributed by atoms with E-state index < -0.39 is 11.9 Å². The monoisotopic (exact) mass is 329 g/mol. The van der Waals surface area contributed by atoms with Gasteiger partial charge in [-0.15, -0.1) is 0 Å². The quantitative estimate of drug-likeness (QED) is 0.899. The second-order valence-electron chi connectivity index (χ2n) is 6.66. The van der Waals surface area contributed by atoms with E-state index in [0.717, 1.165) is 44.6 Å². The molecule has 23 heavy (non-hydrogen) atoms. The van der Waals surface area contributed by atoms with Gasteiger partial charge in [0.25, 0.3) is 0 Å². The highest BCUT2D eigenvalue weighted by Crippen LogP contribution is 2.33. The highest BCUT2D eigenvalue weighted by Gasteiger charge is 2.36. The summed E-state index contributed by atoms with van der Waals surface area (Å²) in [5, 5.41) is 5.88. The molecule has 7 heteroatoms. The molecule has 1 saturated heterocycles. The summed E-state index contributed by atoms with van der Waals surface area (Å²) in [6.07, 6.45) is 2.47. The van der Waals surface area contributed by atoms with E-state index in [1.165, 1.54) is 6.42 Å². The lowest BCUT2D eigenvalue weighted by molar-refractivity contribution is -0.141. The van der Waals surface area contributed by atoms with Crippen LogP contribution in [-0.4, -0.2) is 34.1 Å². The van der Waals surface area contributed by atoms with E-state index in [0.29, 0.717) is 18.8 Å². The first-order chi connectivity index (χ1) is 10.9. The SMILES string of the molecule is O=C(C1CCCCC1)N1CCCC(c2cc(C(F)(F)F)n[nH]2)C1. The Morgan fingerprint density at radius 3 is 2.57 bits per heavy atom. The zero-order valence-electron chi connectivity index (χ0n) is 13.0. The third-order valence-corrected chi connectivity index (χ3v) is 5.02. The van der Waals surface area contributed by atoms with Crippen molar-refractivity contribution in [3.8, 4) is 0 Å². The maximum Gasteiger partial charge on any atom is 0.435 e. The smallest absolute Gasteiger partial charge is 0.342 e. The van der Waals surface area contributed by atoms with Gasteiger partial charge < -0.3 is 4.90 Å². The molecule has 0 aromatic carbocycles. The maximum atomic E-state index is 12.7. The van der Waals surface area contributed by atoms with Gasteiger partial charge in [-0.25, -0.2) is 0 Å². The summed E-state index contributed by atoms with van der Waals surface area (Å²) in [5.74, 6) is 0.208. The Hall–Kier alpha value is -1.53. The van der Waals surface area contributed by atoms with Crippen LogP contribution in [0.2, 0.25) is 0 Å². The molecule has 0 radical (unpaired) electrons. The van der Waals surface area contributed by atoms with E-state index >= 15 is 0 Å². The van der Waals surface area contributed by atoms with Gasteiger partial charge in [-0.1, -0.05) is 19.3 Å². The minimum absolute atomic E-state index is 0.0834. The molecule has 1 N–H and O–H groups in total. The number of halogens is 3. The molecule has 128 valence electrons. The summed E-state index contributed by atoms with van der Waals surface area (Å²) in [6, 6.07) is 1.08. The third kappa shape index (κ3) is 3.70. The van der Waals surface area contributed by atoms with Crippen molar-refractivity contribution < 1.29 is 18.0 Å². The largest absolute Gasteiger partial charge is 0.435 e. The van der Waals surface area contributed by atoms with Crippen LogP contribution in [0.25, 0.3) is 0 Å². The molecule has 0 bridgehead atoms. The lowest BCUT2D eigenvalue weighted by atomic mass is 9.87. The fourth-order valence-electron chi connectivity index (χ4n) is 3.73. The molecule has 1 atom stereocenters. The van der Waals surface area contributed by atoms with Gasteiger partial charge in [0.1, 0.15) is 0 Å². The number of carbonyl (C=O) groups is 1. The summed E-state index contributed by atoms with van der Waals surface area (Å²) in [7, 11) is 0. The summed E-state index contributed by atoms with van der Waals surface area (Å²) < 4.78 is 38.0. The predicted octanol–water partition coefficient (Wildman–Crippen LogP) is 3.71. The Balaban J connectivity index is 1.66. The summed E-state index contributed by atoms with van der Waals surface area (Å²) in [6.45, 7) is 1.21. The molecule has 1 aromatic heterocycles. The number of nitrogens with one attached hydrogen (secondary N) is 1. The average molecular weight is 329 g/mol. The number of carbonyl (C=O) groups excluding carboxylic acids is 1. The van der Waals surface area contributed by atoms with Crippen molar-refractivity contribution >= 4 is 5.91 Å². The molecule has 1 aliphatic carbocycles. The van der Waals surface area contributed by atoms with Crippen LogP contribution in [0.1, 0.15) is 62.3 Å². The molecule has 1 unspecified atom stereocenters. The first kappa shape index (κ1) is 16.3. The van der Waals surface area contributed by atoms with Crippen LogP contribution in [0.4, 0.5) is 13.2 Å². The predicted molar refractivity (Wildman–Crippen MR) is 78.7 cm³/mol. The lowest BCUT2D eigenvalue weighted by Crippen LogP contribution is -2.42. The van der Waals surface area contributed by atoms with Crippen molar-refractivity contribution in [3.05, 3.63) is 17.5 Å². The molecule has 2 heterocycles. The standard InChI is InChI=1S/C16H22F3N3O/c17-16(18,19)14-9-13(20-21-14)12-7-4-8-22(10-12)15(23)11-5-2-1-3-6-11/h9,11-12H,1-8,10H2,(H,20,21). The van der Waals surface area contributed by atoms with E-state index in [4.69, 9.17) is 0 Å². The van der Waals surface area contributed by atoms with Gasteiger partial charge >= 0.3 is 6.18 Å². The van der Waals surface area contributed by atoms with Gasteiger partial charge in [-0.2, -0.15) is 18.3 Å².